The van der Waals surface area contributed by atoms with Crippen LogP contribution in [0.4, 0.5) is 0 Å². The van der Waals surface area contributed by atoms with Crippen molar-refractivity contribution in [2.45, 2.75) is 0 Å². The maximum Gasteiger partial charge on any atom is 0.375 e. The van der Waals surface area contributed by atoms with E-state index in [4.69, 9.17) is 14.3 Å². The molecule has 0 unspecified atom stereocenters. The third-order valence-corrected chi connectivity index (χ3v) is 2.50. The van der Waals surface area contributed by atoms with E-state index in [-0.39, 0.29) is 11.5 Å². The highest BCUT2D eigenvalue weighted by atomic mass is 79.9. The average molecular weight is 271 g/mol. The van der Waals surface area contributed by atoms with Crippen LogP contribution < -0.4 is 4.74 Å². The molecule has 78 valence electrons. The Balaban J connectivity index is 2.79. The molecule has 1 heterocycles. The first-order chi connectivity index (χ1) is 7.13. The van der Waals surface area contributed by atoms with Crippen molar-refractivity contribution in [3.05, 3.63) is 28.4 Å². The molecule has 1 aromatic heterocycles. The number of carboxylic acid groups (broad SMARTS) is 1. The molecular formula is C10H7BrO4. The summed E-state index contributed by atoms with van der Waals surface area (Å²) < 4.78 is 11.0. The Morgan fingerprint density at radius 1 is 1.53 bits per heavy atom. The third-order valence-electron chi connectivity index (χ3n) is 2.00. The molecule has 5 heteroatoms. The number of methoxy groups -OCH3 is 1. The second-order valence-electron chi connectivity index (χ2n) is 2.91. The van der Waals surface area contributed by atoms with Crippen LogP contribution in [-0.4, -0.2) is 18.2 Å². The van der Waals surface area contributed by atoms with E-state index in [2.05, 4.69) is 15.9 Å². The molecule has 0 radical (unpaired) electrons. The van der Waals surface area contributed by atoms with Crippen molar-refractivity contribution < 1.29 is 19.1 Å². The highest BCUT2D eigenvalue weighted by Gasteiger charge is 2.20. The Morgan fingerprint density at radius 3 is 2.87 bits per heavy atom. The summed E-state index contributed by atoms with van der Waals surface area (Å²) in [7, 11) is 1.41. The largest absolute Gasteiger partial charge is 0.492 e. The second-order valence-corrected chi connectivity index (χ2v) is 3.83. The van der Waals surface area contributed by atoms with E-state index in [9.17, 15) is 4.79 Å². The number of furan rings is 1. The molecule has 0 bridgehead atoms. The molecule has 15 heavy (non-hydrogen) atoms. The molecule has 0 spiro atoms. The van der Waals surface area contributed by atoms with Crippen molar-refractivity contribution in [3.8, 4) is 5.75 Å². The van der Waals surface area contributed by atoms with Crippen LogP contribution in [0.1, 0.15) is 10.6 Å². The van der Waals surface area contributed by atoms with Gasteiger partial charge < -0.3 is 14.3 Å². The fourth-order valence-electron chi connectivity index (χ4n) is 1.39. The van der Waals surface area contributed by atoms with Gasteiger partial charge in [-0.15, -0.1) is 0 Å². The van der Waals surface area contributed by atoms with Crippen LogP contribution in [-0.2, 0) is 0 Å². The molecule has 0 saturated carbocycles. The van der Waals surface area contributed by atoms with E-state index in [1.54, 1.807) is 18.2 Å². The first-order valence-corrected chi connectivity index (χ1v) is 4.92. The van der Waals surface area contributed by atoms with E-state index in [1.807, 2.05) is 0 Å². The summed E-state index contributed by atoms with van der Waals surface area (Å²) in [5.74, 6) is -1.07. The Kier molecular flexibility index (Phi) is 2.40. The molecular weight excluding hydrogens is 264 g/mol. The summed E-state index contributed by atoms with van der Waals surface area (Å²) in [5.41, 5.74) is 0.493. The summed E-state index contributed by atoms with van der Waals surface area (Å²) in [4.78, 5) is 10.8. The van der Waals surface area contributed by atoms with Crippen LogP contribution in [0.2, 0.25) is 0 Å². The number of fused-ring (bicyclic) bond motifs is 1. The zero-order chi connectivity index (χ0) is 11.0. The molecule has 2 rings (SSSR count). The number of ether oxygens (including phenoxy) is 1. The molecule has 0 saturated heterocycles. The monoisotopic (exact) mass is 270 g/mol. The van der Waals surface area contributed by atoms with Gasteiger partial charge in [0.2, 0.25) is 0 Å². The van der Waals surface area contributed by atoms with Gasteiger partial charge in [0, 0.05) is 4.47 Å². The van der Waals surface area contributed by atoms with Gasteiger partial charge in [0.25, 0.3) is 5.76 Å². The molecule has 1 N–H and O–H groups in total. The number of halogens is 1. The Labute approximate surface area is 93.6 Å². The molecule has 0 aliphatic heterocycles. The van der Waals surface area contributed by atoms with Gasteiger partial charge in [-0.1, -0.05) is 15.9 Å². The molecule has 4 nitrogen and oxygen atoms in total. The standard InChI is InChI=1S/C10H7BrO4/c1-14-8-6-4-5(11)2-3-7(6)15-9(8)10(12)13/h2-4H,1H3,(H,12,13). The predicted molar refractivity (Wildman–Crippen MR) is 57.4 cm³/mol. The molecule has 2 aromatic rings. The highest BCUT2D eigenvalue weighted by Crippen LogP contribution is 2.34. The van der Waals surface area contributed by atoms with Crippen molar-refractivity contribution >= 4 is 32.9 Å². The first-order valence-electron chi connectivity index (χ1n) is 4.13. The number of carbonyl (C=O) groups is 1. The van der Waals surface area contributed by atoms with E-state index < -0.39 is 5.97 Å². The lowest BCUT2D eigenvalue weighted by molar-refractivity contribution is 0.0660. The zero-order valence-corrected chi connectivity index (χ0v) is 9.37. The van der Waals surface area contributed by atoms with Gasteiger partial charge in [-0.2, -0.15) is 0 Å². The summed E-state index contributed by atoms with van der Waals surface area (Å²) in [6.07, 6.45) is 0. The Bertz CT molecular complexity index is 529. The zero-order valence-electron chi connectivity index (χ0n) is 7.78. The average Bonchev–Trinajstić information content (AvgIpc) is 2.55. The number of hydrogen-bond donors (Lipinski definition) is 1. The lowest BCUT2D eigenvalue weighted by atomic mass is 10.2. The molecule has 0 aliphatic rings. The van der Waals surface area contributed by atoms with Crippen LogP contribution >= 0.6 is 15.9 Å². The quantitative estimate of drug-likeness (QED) is 0.912. The summed E-state index contributed by atoms with van der Waals surface area (Å²) >= 11 is 3.30. The van der Waals surface area contributed by atoms with E-state index in [1.165, 1.54) is 7.11 Å². The van der Waals surface area contributed by atoms with Gasteiger partial charge in [0.1, 0.15) is 5.58 Å². The normalized spacial score (nSPS) is 10.5. The van der Waals surface area contributed by atoms with Crippen LogP contribution in [0, 0.1) is 0 Å². The second kappa shape index (κ2) is 3.58. The van der Waals surface area contributed by atoms with E-state index >= 15 is 0 Å². The number of hydrogen-bond acceptors (Lipinski definition) is 3. The molecule has 0 aliphatic carbocycles. The maximum absolute atomic E-state index is 10.8. The topological polar surface area (TPSA) is 59.7 Å². The smallest absolute Gasteiger partial charge is 0.375 e. The van der Waals surface area contributed by atoms with Crippen molar-refractivity contribution in [2.75, 3.05) is 7.11 Å². The Morgan fingerprint density at radius 2 is 2.27 bits per heavy atom. The molecule has 0 atom stereocenters. The number of benzene rings is 1. The predicted octanol–water partition coefficient (Wildman–Crippen LogP) is 2.90. The van der Waals surface area contributed by atoms with E-state index in [0.717, 1.165) is 4.47 Å². The lowest BCUT2D eigenvalue weighted by Gasteiger charge is -1.96. The fraction of sp³-hybridized carbons (Fsp3) is 0.100. The molecule has 0 fully saturated rings. The summed E-state index contributed by atoms with van der Waals surface area (Å²) in [6, 6.07) is 5.22. The van der Waals surface area contributed by atoms with Crippen molar-refractivity contribution in [1.82, 2.24) is 0 Å². The van der Waals surface area contributed by atoms with Crippen LogP contribution in [0.25, 0.3) is 11.0 Å². The number of rotatable bonds is 2. The van der Waals surface area contributed by atoms with Crippen molar-refractivity contribution in [3.63, 3.8) is 0 Å². The minimum atomic E-state index is -1.14. The van der Waals surface area contributed by atoms with Crippen molar-refractivity contribution in [1.29, 1.82) is 0 Å². The Hall–Kier alpha value is -1.49. The lowest BCUT2D eigenvalue weighted by Crippen LogP contribution is -1.96. The van der Waals surface area contributed by atoms with Gasteiger partial charge in [-0.3, -0.25) is 0 Å². The third kappa shape index (κ3) is 1.59. The molecule has 1 aromatic carbocycles. The van der Waals surface area contributed by atoms with Crippen LogP contribution in [0.15, 0.2) is 27.1 Å². The first kappa shape index (κ1) is 10.0. The van der Waals surface area contributed by atoms with Crippen LogP contribution in [0.5, 0.6) is 5.75 Å². The van der Waals surface area contributed by atoms with Gasteiger partial charge in [0.15, 0.2) is 5.75 Å². The van der Waals surface area contributed by atoms with Gasteiger partial charge in [0.05, 0.1) is 12.5 Å². The van der Waals surface area contributed by atoms with Crippen molar-refractivity contribution in [2.24, 2.45) is 0 Å². The summed E-state index contributed by atoms with van der Waals surface area (Å²) in [6.45, 7) is 0. The highest BCUT2D eigenvalue weighted by molar-refractivity contribution is 9.10. The fourth-order valence-corrected chi connectivity index (χ4v) is 1.75. The van der Waals surface area contributed by atoms with Gasteiger partial charge in [-0.05, 0) is 18.2 Å². The van der Waals surface area contributed by atoms with E-state index in [0.29, 0.717) is 11.0 Å². The maximum atomic E-state index is 10.8. The number of carboxylic acids is 1. The van der Waals surface area contributed by atoms with Gasteiger partial charge in [-0.25, -0.2) is 4.79 Å². The minimum Gasteiger partial charge on any atom is -0.492 e. The SMILES string of the molecule is COc1c(C(=O)O)oc2ccc(Br)cc12. The summed E-state index contributed by atoms with van der Waals surface area (Å²) in [5, 5.41) is 9.52. The molecule has 0 amide bonds. The van der Waals surface area contributed by atoms with Gasteiger partial charge >= 0.3 is 5.97 Å². The number of aromatic carboxylic acids is 1. The minimum absolute atomic E-state index is 0.175. The van der Waals surface area contributed by atoms with Crippen LogP contribution in [0.3, 0.4) is 0 Å².